The number of rotatable bonds is 6. The molecule has 1 N–H and O–H groups in total. The summed E-state index contributed by atoms with van der Waals surface area (Å²) in [4.78, 5) is 20.7. The van der Waals surface area contributed by atoms with Gasteiger partial charge in [0.15, 0.2) is 5.13 Å². The van der Waals surface area contributed by atoms with Gasteiger partial charge in [0.2, 0.25) is 5.89 Å². The van der Waals surface area contributed by atoms with Gasteiger partial charge in [0, 0.05) is 11.5 Å². The molecule has 0 aliphatic carbocycles. The first-order valence-corrected chi connectivity index (χ1v) is 9.70. The summed E-state index contributed by atoms with van der Waals surface area (Å²) in [5, 5.41) is 12.2. The van der Waals surface area contributed by atoms with E-state index in [1.165, 1.54) is 11.3 Å². The Balaban J connectivity index is 1.58. The normalized spacial score (nSPS) is 10.7. The van der Waals surface area contributed by atoms with Gasteiger partial charge in [-0.1, -0.05) is 31.3 Å². The highest BCUT2D eigenvalue weighted by atomic mass is 32.2. The minimum Gasteiger partial charge on any atom is -0.445 e. The second-order valence-corrected chi connectivity index (χ2v) is 8.04. The Morgan fingerprint density at radius 3 is 2.96 bits per heavy atom. The Labute approximate surface area is 159 Å². The second kappa shape index (κ2) is 8.17. The van der Waals surface area contributed by atoms with E-state index in [1.54, 1.807) is 48.4 Å². The summed E-state index contributed by atoms with van der Waals surface area (Å²) >= 11 is 2.94. The lowest BCUT2D eigenvalue weighted by Gasteiger charge is -2.01. The van der Waals surface area contributed by atoms with Crippen molar-refractivity contribution in [3.8, 4) is 6.07 Å². The van der Waals surface area contributed by atoms with Crippen LogP contribution in [-0.4, -0.2) is 15.9 Å². The maximum Gasteiger partial charge on any atom is 0.257 e. The van der Waals surface area contributed by atoms with E-state index < -0.39 is 0 Å². The van der Waals surface area contributed by atoms with Crippen molar-refractivity contribution in [1.82, 2.24) is 9.97 Å². The van der Waals surface area contributed by atoms with Gasteiger partial charge in [0.1, 0.15) is 5.76 Å². The molecule has 0 fully saturated rings. The molecule has 0 saturated carbocycles. The molecule has 1 amide bonds. The highest BCUT2D eigenvalue weighted by Gasteiger charge is 2.12. The zero-order valence-corrected chi connectivity index (χ0v) is 15.9. The first-order chi connectivity index (χ1) is 12.5. The molecule has 0 atom stereocenters. The molecule has 0 aliphatic rings. The average molecular weight is 384 g/mol. The summed E-state index contributed by atoms with van der Waals surface area (Å²) < 4.78 is 6.63. The fourth-order valence-electron chi connectivity index (χ4n) is 2.07. The largest absolute Gasteiger partial charge is 0.445 e. The van der Waals surface area contributed by atoms with Crippen LogP contribution >= 0.6 is 23.1 Å². The number of amides is 1. The molecule has 0 spiro atoms. The van der Waals surface area contributed by atoms with Crippen LogP contribution in [-0.2, 0) is 5.75 Å². The number of thioether (sulfide) groups is 1. The van der Waals surface area contributed by atoms with Crippen LogP contribution in [0.15, 0.2) is 45.3 Å². The van der Waals surface area contributed by atoms with Crippen LogP contribution in [0.2, 0.25) is 0 Å². The molecule has 0 aliphatic heterocycles. The Kier molecular flexibility index (Phi) is 5.71. The SMILES string of the molecule is CC(C)c1cnc(CSc2cnc(NC(=O)c3cccc(C#N)c3)s2)o1. The monoisotopic (exact) mass is 384 g/mol. The molecule has 1 aromatic carbocycles. The predicted octanol–water partition coefficient (Wildman–Crippen LogP) is 4.67. The summed E-state index contributed by atoms with van der Waals surface area (Å²) in [6.45, 7) is 4.11. The third kappa shape index (κ3) is 4.50. The molecule has 3 aromatic rings. The molecule has 0 bridgehead atoms. The van der Waals surface area contributed by atoms with Gasteiger partial charge < -0.3 is 4.42 Å². The van der Waals surface area contributed by atoms with Gasteiger partial charge in [0.05, 0.1) is 34.0 Å². The van der Waals surface area contributed by atoms with Crippen molar-refractivity contribution < 1.29 is 9.21 Å². The standard InChI is InChI=1S/C18H16N4O2S2/c1-11(2)14-8-20-15(24-14)10-25-16-9-21-18(26-16)22-17(23)13-5-3-4-12(6-13)7-19/h3-6,8-9,11H,10H2,1-2H3,(H,21,22,23). The number of oxazole rings is 1. The molecule has 132 valence electrons. The maximum absolute atomic E-state index is 12.3. The number of carbonyl (C=O) groups excluding carboxylic acids is 1. The van der Waals surface area contributed by atoms with Gasteiger partial charge in [-0.3, -0.25) is 10.1 Å². The van der Waals surface area contributed by atoms with Gasteiger partial charge in [0.25, 0.3) is 5.91 Å². The Hall–Kier alpha value is -2.63. The van der Waals surface area contributed by atoms with E-state index in [1.807, 2.05) is 6.07 Å². The van der Waals surface area contributed by atoms with Crippen molar-refractivity contribution in [2.45, 2.75) is 29.7 Å². The third-order valence-corrected chi connectivity index (χ3v) is 5.53. The summed E-state index contributed by atoms with van der Waals surface area (Å²) in [5.41, 5.74) is 0.870. The summed E-state index contributed by atoms with van der Waals surface area (Å²) in [6, 6.07) is 8.56. The van der Waals surface area contributed by atoms with Gasteiger partial charge >= 0.3 is 0 Å². The summed E-state index contributed by atoms with van der Waals surface area (Å²) in [7, 11) is 0. The lowest BCUT2D eigenvalue weighted by atomic mass is 10.1. The van der Waals surface area contributed by atoms with Crippen LogP contribution in [0.3, 0.4) is 0 Å². The number of thiazole rings is 1. The minimum absolute atomic E-state index is 0.290. The highest BCUT2D eigenvalue weighted by Crippen LogP contribution is 2.31. The van der Waals surface area contributed by atoms with Crippen LogP contribution in [0.4, 0.5) is 5.13 Å². The van der Waals surface area contributed by atoms with E-state index >= 15 is 0 Å². The van der Waals surface area contributed by atoms with Crippen LogP contribution in [0.1, 0.15) is 47.3 Å². The summed E-state index contributed by atoms with van der Waals surface area (Å²) in [6.07, 6.45) is 3.47. The fraction of sp³-hybridized carbons (Fsp3) is 0.222. The number of hydrogen-bond acceptors (Lipinski definition) is 7. The molecule has 3 rings (SSSR count). The Morgan fingerprint density at radius 1 is 1.38 bits per heavy atom. The third-order valence-electron chi connectivity index (χ3n) is 3.44. The number of nitriles is 1. The topological polar surface area (TPSA) is 91.8 Å². The molecule has 26 heavy (non-hydrogen) atoms. The molecule has 0 radical (unpaired) electrons. The predicted molar refractivity (Wildman–Crippen MR) is 101 cm³/mol. The smallest absolute Gasteiger partial charge is 0.257 e. The summed E-state index contributed by atoms with van der Waals surface area (Å²) in [5.74, 6) is 2.17. The van der Waals surface area contributed by atoms with E-state index in [2.05, 4.69) is 29.1 Å². The van der Waals surface area contributed by atoms with Crippen molar-refractivity contribution in [3.05, 3.63) is 59.4 Å². The molecular weight excluding hydrogens is 368 g/mol. The number of carbonyl (C=O) groups is 1. The van der Waals surface area contributed by atoms with Gasteiger partial charge in [-0.2, -0.15) is 5.26 Å². The fourth-order valence-corrected chi connectivity index (χ4v) is 3.79. The number of benzene rings is 1. The van der Waals surface area contributed by atoms with E-state index in [0.717, 1.165) is 9.97 Å². The van der Waals surface area contributed by atoms with Crippen LogP contribution in [0.5, 0.6) is 0 Å². The molecule has 2 aromatic heterocycles. The van der Waals surface area contributed by atoms with Crippen LogP contribution in [0.25, 0.3) is 0 Å². The Bertz CT molecular complexity index is 956. The zero-order chi connectivity index (χ0) is 18.5. The van der Waals surface area contributed by atoms with Crippen molar-refractivity contribution in [2.24, 2.45) is 0 Å². The Morgan fingerprint density at radius 2 is 2.23 bits per heavy atom. The first kappa shape index (κ1) is 18.2. The van der Waals surface area contributed by atoms with Gasteiger partial charge in [-0.05, 0) is 18.2 Å². The second-order valence-electron chi connectivity index (χ2n) is 5.73. The molecule has 0 saturated heterocycles. The lowest BCUT2D eigenvalue weighted by Crippen LogP contribution is -2.11. The molecule has 6 nitrogen and oxygen atoms in total. The first-order valence-electron chi connectivity index (χ1n) is 7.90. The molecular formula is C18H16N4O2S2. The highest BCUT2D eigenvalue weighted by molar-refractivity contribution is 8.00. The van der Waals surface area contributed by atoms with E-state index in [0.29, 0.717) is 33.8 Å². The zero-order valence-electron chi connectivity index (χ0n) is 14.2. The van der Waals surface area contributed by atoms with E-state index in [9.17, 15) is 4.79 Å². The molecule has 0 unspecified atom stereocenters. The van der Waals surface area contributed by atoms with Crippen molar-refractivity contribution >= 4 is 34.1 Å². The van der Waals surface area contributed by atoms with Crippen LogP contribution in [0, 0.1) is 11.3 Å². The van der Waals surface area contributed by atoms with Crippen molar-refractivity contribution in [2.75, 3.05) is 5.32 Å². The number of anilines is 1. The van der Waals surface area contributed by atoms with Gasteiger partial charge in [-0.25, -0.2) is 9.97 Å². The van der Waals surface area contributed by atoms with Crippen LogP contribution < -0.4 is 5.32 Å². The lowest BCUT2D eigenvalue weighted by molar-refractivity contribution is 0.102. The number of aromatic nitrogens is 2. The minimum atomic E-state index is -0.290. The van der Waals surface area contributed by atoms with Gasteiger partial charge in [-0.15, -0.1) is 11.8 Å². The molecule has 8 heteroatoms. The number of nitrogens with zero attached hydrogens (tertiary/aromatic N) is 3. The molecule has 2 heterocycles. The van der Waals surface area contributed by atoms with E-state index in [-0.39, 0.29) is 5.91 Å². The number of hydrogen-bond donors (Lipinski definition) is 1. The van der Waals surface area contributed by atoms with E-state index in [4.69, 9.17) is 9.68 Å². The van der Waals surface area contributed by atoms with Crippen molar-refractivity contribution in [3.63, 3.8) is 0 Å². The quantitative estimate of drug-likeness (QED) is 0.621. The van der Waals surface area contributed by atoms with Crippen molar-refractivity contribution in [1.29, 1.82) is 5.26 Å². The average Bonchev–Trinajstić information content (AvgIpc) is 3.29. The maximum atomic E-state index is 12.3. The number of nitrogens with one attached hydrogen (secondary N) is 1.